The minimum Gasteiger partial charge on any atom is -0.507 e. The number of carbonyl (C=O) groups excluding carboxylic acids is 3. The third-order valence-corrected chi connectivity index (χ3v) is 5.83. The molecule has 0 atom stereocenters. The summed E-state index contributed by atoms with van der Waals surface area (Å²) in [6, 6.07) is 3.22. The van der Waals surface area contributed by atoms with E-state index in [0.717, 1.165) is 11.3 Å². The van der Waals surface area contributed by atoms with Crippen LogP contribution in [0.2, 0.25) is 0 Å². The van der Waals surface area contributed by atoms with E-state index in [0.29, 0.717) is 52.9 Å². The van der Waals surface area contributed by atoms with Crippen LogP contribution in [0.1, 0.15) is 68.4 Å². The van der Waals surface area contributed by atoms with E-state index >= 15 is 0 Å². The van der Waals surface area contributed by atoms with Gasteiger partial charge < -0.3 is 15.2 Å². The van der Waals surface area contributed by atoms with Crippen molar-refractivity contribution in [3.8, 4) is 0 Å². The number of carbonyl (C=O) groups is 3. The maximum atomic E-state index is 13.1. The topological polar surface area (TPSA) is 122 Å². The first-order valence-electron chi connectivity index (χ1n) is 10.7. The summed E-state index contributed by atoms with van der Waals surface area (Å²) >= 11 is 1.11. The summed E-state index contributed by atoms with van der Waals surface area (Å²) in [7, 11) is 0. The Labute approximate surface area is 196 Å². The zero-order valence-electron chi connectivity index (χ0n) is 19.4. The van der Waals surface area contributed by atoms with E-state index in [1.807, 2.05) is 6.92 Å². The van der Waals surface area contributed by atoms with Gasteiger partial charge in [0.1, 0.15) is 17.2 Å². The number of allylic oxidation sites excluding steroid dienone is 1. The van der Waals surface area contributed by atoms with Crippen LogP contribution in [-0.4, -0.2) is 45.0 Å². The van der Waals surface area contributed by atoms with E-state index < -0.39 is 11.7 Å². The molecular formula is C23H28N4O5S. The molecule has 2 amide bonds. The maximum absolute atomic E-state index is 13.1. The van der Waals surface area contributed by atoms with Crippen molar-refractivity contribution in [1.82, 2.24) is 9.97 Å². The molecule has 2 heterocycles. The van der Waals surface area contributed by atoms with Gasteiger partial charge in [0.05, 0.1) is 10.6 Å². The number of hydrogen-bond acceptors (Lipinski definition) is 8. The predicted octanol–water partition coefficient (Wildman–Crippen LogP) is 4.75. The summed E-state index contributed by atoms with van der Waals surface area (Å²) in [5.74, 6) is -0.336. The van der Waals surface area contributed by atoms with Crippen LogP contribution in [-0.2, 0) is 16.0 Å². The average Bonchev–Trinajstić information content (AvgIpc) is 3.05. The van der Waals surface area contributed by atoms with E-state index in [9.17, 15) is 19.5 Å². The van der Waals surface area contributed by atoms with Crippen LogP contribution < -0.4 is 10.2 Å². The van der Waals surface area contributed by atoms with Gasteiger partial charge in [0.25, 0.3) is 0 Å². The Balaban J connectivity index is 1.87. The molecule has 3 rings (SSSR count). The molecule has 0 bridgehead atoms. The van der Waals surface area contributed by atoms with Crippen molar-refractivity contribution in [2.75, 3.05) is 16.8 Å². The molecule has 1 aliphatic carbocycles. The maximum Gasteiger partial charge on any atom is 0.415 e. The molecule has 0 unspecified atom stereocenters. The molecule has 2 N–H and O–H groups in total. The Hall–Kier alpha value is -3.27. The first kappa shape index (κ1) is 24.4. The lowest BCUT2D eigenvalue weighted by Gasteiger charge is -2.26. The van der Waals surface area contributed by atoms with Crippen molar-refractivity contribution in [3.05, 3.63) is 40.0 Å². The number of thiazole rings is 1. The normalized spacial score (nSPS) is 15.4. The summed E-state index contributed by atoms with van der Waals surface area (Å²) in [4.78, 5) is 47.4. The highest BCUT2D eigenvalue weighted by Gasteiger charge is 2.28. The molecule has 0 aromatic carbocycles. The number of anilines is 2. The van der Waals surface area contributed by atoms with Crippen molar-refractivity contribution in [1.29, 1.82) is 0 Å². The minimum atomic E-state index is -0.637. The molecule has 10 heteroatoms. The molecule has 176 valence electrons. The average molecular weight is 473 g/mol. The summed E-state index contributed by atoms with van der Waals surface area (Å²) in [6.07, 6.45) is 2.52. The van der Waals surface area contributed by atoms with Gasteiger partial charge in [-0.25, -0.2) is 14.8 Å². The number of ketones is 1. The smallest absolute Gasteiger partial charge is 0.415 e. The molecule has 9 nitrogen and oxygen atoms in total. The van der Waals surface area contributed by atoms with Crippen LogP contribution in [0.5, 0.6) is 0 Å². The van der Waals surface area contributed by atoms with Crippen molar-refractivity contribution < 1.29 is 24.2 Å². The Morgan fingerprint density at radius 1 is 1.27 bits per heavy atom. The molecule has 0 aliphatic heterocycles. The number of hydrogen-bond donors (Lipinski definition) is 2. The van der Waals surface area contributed by atoms with E-state index in [1.54, 1.807) is 32.9 Å². The number of pyridine rings is 1. The van der Waals surface area contributed by atoms with Crippen LogP contribution in [0.4, 0.5) is 15.7 Å². The van der Waals surface area contributed by atoms with E-state index in [2.05, 4.69) is 15.3 Å². The summed E-state index contributed by atoms with van der Waals surface area (Å²) in [6.45, 7) is 8.91. The number of aliphatic hydroxyl groups is 1. The predicted molar refractivity (Wildman–Crippen MR) is 127 cm³/mol. The molecule has 33 heavy (non-hydrogen) atoms. The van der Waals surface area contributed by atoms with Crippen LogP contribution in [0.15, 0.2) is 23.9 Å². The van der Waals surface area contributed by atoms with Gasteiger partial charge >= 0.3 is 6.09 Å². The number of amides is 2. The van der Waals surface area contributed by atoms with Gasteiger partial charge in [-0.3, -0.25) is 14.5 Å². The third kappa shape index (κ3) is 5.75. The Morgan fingerprint density at radius 2 is 2.00 bits per heavy atom. The number of aliphatic hydroxyl groups excluding tert-OH is 1. The van der Waals surface area contributed by atoms with Crippen LogP contribution in [0.3, 0.4) is 0 Å². The van der Waals surface area contributed by atoms with Gasteiger partial charge in [0.15, 0.2) is 5.13 Å². The molecule has 2 aromatic rings. The van der Waals surface area contributed by atoms with Gasteiger partial charge in [0.2, 0.25) is 11.7 Å². The second-order valence-electron chi connectivity index (χ2n) is 8.62. The molecule has 0 saturated carbocycles. The number of nitrogens with zero attached hydrogens (tertiary/aromatic N) is 3. The van der Waals surface area contributed by atoms with Gasteiger partial charge in [-0.2, -0.15) is 0 Å². The lowest BCUT2D eigenvalue weighted by molar-refractivity contribution is -0.114. The molecule has 2 aromatic heterocycles. The van der Waals surface area contributed by atoms with Crippen molar-refractivity contribution in [3.63, 3.8) is 0 Å². The van der Waals surface area contributed by atoms with Crippen LogP contribution in [0.25, 0.3) is 5.76 Å². The number of nitrogens with one attached hydrogen (secondary N) is 1. The van der Waals surface area contributed by atoms with Gasteiger partial charge in [-0.05, 0) is 59.1 Å². The second-order valence-corrected chi connectivity index (χ2v) is 9.61. The van der Waals surface area contributed by atoms with Gasteiger partial charge in [-0.15, -0.1) is 0 Å². The van der Waals surface area contributed by atoms with E-state index in [4.69, 9.17) is 4.74 Å². The number of fused-ring (bicyclic) bond motifs is 1. The quantitative estimate of drug-likeness (QED) is 0.374. The zero-order chi connectivity index (χ0) is 24.3. The van der Waals surface area contributed by atoms with Crippen molar-refractivity contribution in [2.24, 2.45) is 0 Å². The molecule has 0 spiro atoms. The SMILES string of the molecule is CCN(C(=O)OC(C)(C)C)c1ccc(C(O)=C2CCCc3nc(NC(C)=O)sc3C2=O)cn1. The fourth-order valence-electron chi connectivity index (χ4n) is 3.37. The number of rotatable bonds is 4. The third-order valence-electron chi connectivity index (χ3n) is 4.81. The van der Waals surface area contributed by atoms with Crippen LogP contribution in [0, 0.1) is 0 Å². The fraction of sp³-hybridized carbons (Fsp3) is 0.435. The first-order chi connectivity index (χ1) is 15.5. The Kier molecular flexibility index (Phi) is 7.16. The summed E-state index contributed by atoms with van der Waals surface area (Å²) in [5.41, 5.74) is 0.640. The van der Waals surface area contributed by atoms with E-state index in [-0.39, 0.29) is 23.0 Å². The number of Topliss-reactive ketones (excluding diaryl/α,β-unsaturated/α-hetero) is 1. The highest BCUT2D eigenvalue weighted by molar-refractivity contribution is 7.18. The van der Waals surface area contributed by atoms with E-state index in [1.165, 1.54) is 18.0 Å². The zero-order valence-corrected chi connectivity index (χ0v) is 20.2. The summed E-state index contributed by atoms with van der Waals surface area (Å²) < 4.78 is 5.42. The lowest BCUT2D eigenvalue weighted by atomic mass is 10.0. The first-order valence-corrected chi connectivity index (χ1v) is 11.5. The molecule has 0 saturated heterocycles. The molecule has 0 radical (unpaired) electrons. The largest absolute Gasteiger partial charge is 0.507 e. The Bertz CT molecular complexity index is 1100. The van der Waals surface area contributed by atoms with Gasteiger partial charge in [-0.1, -0.05) is 11.3 Å². The molecular weight excluding hydrogens is 444 g/mol. The van der Waals surface area contributed by atoms with Crippen molar-refractivity contribution in [2.45, 2.75) is 59.5 Å². The number of aromatic nitrogens is 2. The van der Waals surface area contributed by atoms with Crippen LogP contribution >= 0.6 is 11.3 Å². The van der Waals surface area contributed by atoms with Gasteiger partial charge in [0, 0.05) is 30.8 Å². The minimum absolute atomic E-state index is 0.151. The number of ether oxygens (including phenoxy) is 1. The number of aryl methyl sites for hydroxylation is 1. The molecule has 1 aliphatic rings. The fourth-order valence-corrected chi connectivity index (χ4v) is 4.40. The molecule has 0 fully saturated rings. The van der Waals surface area contributed by atoms with Crippen molar-refractivity contribution >= 4 is 45.8 Å². The second kappa shape index (κ2) is 9.70. The lowest BCUT2D eigenvalue weighted by Crippen LogP contribution is -2.37. The highest BCUT2D eigenvalue weighted by Crippen LogP contribution is 2.34. The highest BCUT2D eigenvalue weighted by atomic mass is 32.1. The Morgan fingerprint density at radius 3 is 2.58 bits per heavy atom. The summed E-state index contributed by atoms with van der Waals surface area (Å²) in [5, 5.41) is 13.9. The monoisotopic (exact) mass is 472 g/mol. The standard InChI is InChI=1S/C23H28N4O5S/c1-6-27(22(31)32-23(3,4)5)17-11-10-14(12-24-17)18(29)15-8-7-9-16-20(19(15)30)33-21(26-16)25-13(2)28/h10-12,29H,6-9H2,1-5H3,(H,25,26,28).